The molecule has 0 aliphatic carbocycles. The molecule has 0 spiro atoms. The van der Waals surface area contributed by atoms with Crippen molar-refractivity contribution in [3.63, 3.8) is 0 Å². The second-order valence-corrected chi connectivity index (χ2v) is 7.89. The molecule has 3 aromatic rings. The number of fused-ring (bicyclic) bond motifs is 2. The van der Waals surface area contributed by atoms with Gasteiger partial charge in [0, 0.05) is 17.7 Å². The molecule has 4 rings (SSSR count). The number of halogens is 1. The van der Waals surface area contributed by atoms with Crippen LogP contribution in [0.1, 0.15) is 10.4 Å². The molecule has 1 aliphatic rings. The normalized spacial score (nSPS) is 13.1. The lowest BCUT2D eigenvalue weighted by Gasteiger charge is -2.20. The van der Waals surface area contributed by atoms with Crippen molar-refractivity contribution in [3.05, 3.63) is 47.8 Å². The number of aromatic nitrogens is 1. The van der Waals surface area contributed by atoms with E-state index in [0.717, 1.165) is 16.8 Å². The number of likely N-dealkylation sites (N-methyl/N-ethyl adjacent to an activating group) is 1. The molecule has 0 unspecified atom stereocenters. The summed E-state index contributed by atoms with van der Waals surface area (Å²) < 4.78 is 25.4. The van der Waals surface area contributed by atoms with E-state index in [1.165, 1.54) is 40.5 Å². The Morgan fingerprint density at radius 3 is 2.54 bits per heavy atom. The predicted octanol–water partition coefficient (Wildman–Crippen LogP) is 2.00. The lowest BCUT2D eigenvalue weighted by atomic mass is 10.2. The average Bonchev–Trinajstić information content (AvgIpc) is 3.08. The number of carbonyl (C=O) groups is 1. The fourth-order valence-electron chi connectivity index (χ4n) is 2.94. The fraction of sp³-hybridized carbons (Fsp3) is 0.300. The van der Waals surface area contributed by atoms with Crippen LogP contribution in [-0.4, -0.2) is 51.3 Å². The molecule has 2 heterocycles. The highest BCUT2D eigenvalue weighted by Gasteiger charge is 2.23. The number of ether oxygens (including phenoxy) is 2. The van der Waals surface area contributed by atoms with Crippen molar-refractivity contribution in [2.45, 2.75) is 0 Å². The van der Waals surface area contributed by atoms with E-state index in [0.29, 0.717) is 42.0 Å². The molecule has 0 saturated heterocycles. The standard InChI is InChI=1S/C20H20FN3O3S/c1-23(2)7-8-24(19(25)13-3-5-14(21)6-4-13)20-22-15-11-16-17(12-18(15)28-20)27-10-9-26-16/h3-6,11-12H,7-10H2,1-2H3/p+1. The monoisotopic (exact) mass is 402 g/mol. The number of nitrogens with zero attached hydrogens (tertiary/aromatic N) is 2. The Morgan fingerprint density at radius 1 is 1.18 bits per heavy atom. The van der Waals surface area contributed by atoms with Gasteiger partial charge in [-0.2, -0.15) is 0 Å². The molecule has 0 radical (unpaired) electrons. The second-order valence-electron chi connectivity index (χ2n) is 6.88. The van der Waals surface area contributed by atoms with Crippen LogP contribution in [0.25, 0.3) is 10.2 Å². The molecule has 28 heavy (non-hydrogen) atoms. The fourth-order valence-corrected chi connectivity index (χ4v) is 3.94. The number of quaternary nitrogens is 1. The largest absolute Gasteiger partial charge is 0.486 e. The summed E-state index contributed by atoms with van der Waals surface area (Å²) in [6.07, 6.45) is 0. The Hall–Kier alpha value is -2.71. The maximum Gasteiger partial charge on any atom is 0.260 e. The van der Waals surface area contributed by atoms with E-state index >= 15 is 0 Å². The van der Waals surface area contributed by atoms with E-state index in [9.17, 15) is 9.18 Å². The summed E-state index contributed by atoms with van der Waals surface area (Å²) in [4.78, 5) is 20.7. The highest BCUT2D eigenvalue weighted by molar-refractivity contribution is 7.22. The summed E-state index contributed by atoms with van der Waals surface area (Å²) in [5.74, 6) is 0.803. The van der Waals surface area contributed by atoms with Crippen molar-refractivity contribution in [3.8, 4) is 11.5 Å². The van der Waals surface area contributed by atoms with Gasteiger partial charge in [-0.25, -0.2) is 9.37 Å². The van der Waals surface area contributed by atoms with E-state index < -0.39 is 0 Å². The van der Waals surface area contributed by atoms with Crippen LogP contribution in [0, 0.1) is 5.82 Å². The van der Waals surface area contributed by atoms with Crippen molar-refractivity contribution in [2.75, 3.05) is 45.3 Å². The van der Waals surface area contributed by atoms with Gasteiger partial charge in [-0.05, 0) is 24.3 Å². The number of benzene rings is 2. The zero-order valence-corrected chi connectivity index (χ0v) is 16.5. The zero-order chi connectivity index (χ0) is 19.7. The maximum absolute atomic E-state index is 13.3. The summed E-state index contributed by atoms with van der Waals surface area (Å²) in [5, 5.41) is 0.605. The van der Waals surface area contributed by atoms with E-state index in [2.05, 4.69) is 4.98 Å². The van der Waals surface area contributed by atoms with Crippen LogP contribution in [-0.2, 0) is 0 Å². The van der Waals surface area contributed by atoms with Gasteiger partial charge in [0.15, 0.2) is 16.6 Å². The lowest BCUT2D eigenvalue weighted by molar-refractivity contribution is -0.856. The van der Waals surface area contributed by atoms with Crippen LogP contribution in [0.5, 0.6) is 11.5 Å². The Balaban J connectivity index is 1.70. The van der Waals surface area contributed by atoms with Gasteiger partial charge >= 0.3 is 0 Å². The van der Waals surface area contributed by atoms with Gasteiger partial charge in [0.2, 0.25) is 0 Å². The third kappa shape index (κ3) is 3.79. The molecule has 0 bridgehead atoms. The number of anilines is 1. The van der Waals surface area contributed by atoms with Crippen LogP contribution in [0.2, 0.25) is 0 Å². The van der Waals surface area contributed by atoms with Crippen LogP contribution >= 0.6 is 11.3 Å². The third-order valence-electron chi connectivity index (χ3n) is 4.44. The number of carbonyl (C=O) groups excluding carboxylic acids is 1. The third-order valence-corrected chi connectivity index (χ3v) is 5.48. The number of hydrogen-bond donors (Lipinski definition) is 1. The molecule has 6 nitrogen and oxygen atoms in total. The summed E-state index contributed by atoms with van der Waals surface area (Å²) in [6, 6.07) is 9.35. The SMILES string of the molecule is C[NH+](C)CCN(C(=O)c1ccc(F)cc1)c1nc2cc3c(cc2s1)OCCO3. The van der Waals surface area contributed by atoms with Gasteiger partial charge in [-0.1, -0.05) is 11.3 Å². The highest BCUT2D eigenvalue weighted by Crippen LogP contribution is 2.38. The first-order valence-electron chi connectivity index (χ1n) is 9.08. The molecule has 0 atom stereocenters. The Bertz CT molecular complexity index is 961. The Kier molecular flexibility index (Phi) is 5.15. The first-order chi connectivity index (χ1) is 13.5. The van der Waals surface area contributed by atoms with Crippen molar-refractivity contribution in [2.24, 2.45) is 0 Å². The maximum atomic E-state index is 13.3. The highest BCUT2D eigenvalue weighted by atomic mass is 32.1. The predicted molar refractivity (Wildman–Crippen MR) is 106 cm³/mol. The number of hydrogen-bond acceptors (Lipinski definition) is 5. The van der Waals surface area contributed by atoms with Crippen LogP contribution in [0.4, 0.5) is 9.52 Å². The van der Waals surface area contributed by atoms with Gasteiger partial charge in [0.1, 0.15) is 19.0 Å². The van der Waals surface area contributed by atoms with Crippen LogP contribution in [0.3, 0.4) is 0 Å². The van der Waals surface area contributed by atoms with Gasteiger partial charge < -0.3 is 14.4 Å². The zero-order valence-electron chi connectivity index (χ0n) is 15.7. The molecular formula is C20H21FN3O3S+. The Morgan fingerprint density at radius 2 is 1.86 bits per heavy atom. The van der Waals surface area contributed by atoms with E-state index in [1.54, 1.807) is 4.90 Å². The van der Waals surface area contributed by atoms with Gasteiger partial charge in [0.05, 0.1) is 37.4 Å². The molecule has 1 amide bonds. The van der Waals surface area contributed by atoms with Crippen molar-refractivity contribution < 1.29 is 23.6 Å². The van der Waals surface area contributed by atoms with Gasteiger partial charge in [-0.15, -0.1) is 0 Å². The summed E-state index contributed by atoms with van der Waals surface area (Å²) >= 11 is 1.43. The van der Waals surface area contributed by atoms with Gasteiger partial charge in [-0.3, -0.25) is 9.69 Å². The van der Waals surface area contributed by atoms with Crippen molar-refractivity contribution in [1.29, 1.82) is 0 Å². The first kappa shape index (κ1) is 18.6. The quantitative estimate of drug-likeness (QED) is 0.709. The minimum atomic E-state index is -0.369. The molecular weight excluding hydrogens is 381 g/mol. The molecule has 0 saturated carbocycles. The smallest absolute Gasteiger partial charge is 0.260 e. The Labute approximate surface area is 166 Å². The molecule has 146 valence electrons. The van der Waals surface area contributed by atoms with Crippen LogP contribution in [0.15, 0.2) is 36.4 Å². The topological polar surface area (TPSA) is 56.1 Å². The molecule has 2 aromatic carbocycles. The number of amides is 1. The molecule has 1 aromatic heterocycles. The number of thiazole rings is 1. The van der Waals surface area contributed by atoms with E-state index in [1.807, 2.05) is 26.2 Å². The minimum Gasteiger partial charge on any atom is -0.486 e. The number of rotatable bonds is 5. The average molecular weight is 402 g/mol. The molecule has 0 fully saturated rings. The van der Waals surface area contributed by atoms with Gasteiger partial charge in [0.25, 0.3) is 5.91 Å². The van der Waals surface area contributed by atoms with Crippen molar-refractivity contribution >= 4 is 32.6 Å². The molecule has 1 aliphatic heterocycles. The van der Waals surface area contributed by atoms with Crippen LogP contribution < -0.4 is 19.3 Å². The summed E-state index contributed by atoms with van der Waals surface area (Å²) in [5.41, 5.74) is 1.19. The number of nitrogens with one attached hydrogen (secondary N) is 1. The van der Waals surface area contributed by atoms with Crippen molar-refractivity contribution in [1.82, 2.24) is 4.98 Å². The molecule has 8 heteroatoms. The summed E-state index contributed by atoms with van der Waals surface area (Å²) in [6.45, 7) is 2.29. The molecule has 1 N–H and O–H groups in total. The second kappa shape index (κ2) is 7.73. The first-order valence-corrected chi connectivity index (χ1v) is 9.89. The minimum absolute atomic E-state index is 0.197. The lowest BCUT2D eigenvalue weighted by Crippen LogP contribution is -3.06. The summed E-state index contributed by atoms with van der Waals surface area (Å²) in [7, 11) is 4.06. The van der Waals surface area contributed by atoms with E-state index in [-0.39, 0.29) is 11.7 Å². The van der Waals surface area contributed by atoms with E-state index in [4.69, 9.17) is 9.47 Å².